The lowest BCUT2D eigenvalue weighted by molar-refractivity contribution is 0.0525. The van der Waals surface area contributed by atoms with E-state index in [-0.39, 0.29) is 0 Å². The van der Waals surface area contributed by atoms with Gasteiger partial charge < -0.3 is 15.2 Å². The predicted octanol–water partition coefficient (Wildman–Crippen LogP) is 1.97. The van der Waals surface area contributed by atoms with Crippen LogP contribution >= 0.6 is 0 Å². The first kappa shape index (κ1) is 12.0. The van der Waals surface area contributed by atoms with Gasteiger partial charge in [-0.15, -0.1) is 0 Å². The van der Waals surface area contributed by atoms with Crippen molar-refractivity contribution < 1.29 is 9.84 Å². The predicted molar refractivity (Wildman–Crippen MR) is 70.9 cm³/mol. The summed E-state index contributed by atoms with van der Waals surface area (Å²) in [4.78, 5) is 0. The SMILES string of the molecule is CC(O)(CNC1CC1)c1cccc2c1OCCC2. The summed E-state index contributed by atoms with van der Waals surface area (Å²) in [6, 6.07) is 6.71. The molecule has 0 bridgehead atoms. The van der Waals surface area contributed by atoms with E-state index in [1.54, 1.807) is 0 Å². The summed E-state index contributed by atoms with van der Waals surface area (Å²) in [6.45, 7) is 3.23. The van der Waals surface area contributed by atoms with Crippen molar-refractivity contribution in [3.05, 3.63) is 29.3 Å². The first-order valence-corrected chi connectivity index (χ1v) is 6.88. The van der Waals surface area contributed by atoms with Crippen LogP contribution in [0.1, 0.15) is 37.3 Å². The zero-order chi connectivity index (χ0) is 12.6. The molecule has 1 atom stereocenters. The normalized spacial score (nSPS) is 21.9. The van der Waals surface area contributed by atoms with E-state index >= 15 is 0 Å². The molecule has 1 aromatic carbocycles. The molecule has 1 aromatic rings. The summed E-state index contributed by atoms with van der Waals surface area (Å²) >= 11 is 0. The van der Waals surface area contributed by atoms with E-state index in [0.717, 1.165) is 30.8 Å². The Balaban J connectivity index is 1.84. The fourth-order valence-electron chi connectivity index (χ4n) is 2.54. The van der Waals surface area contributed by atoms with Crippen molar-refractivity contribution in [2.45, 2.75) is 44.2 Å². The third kappa shape index (κ3) is 2.38. The largest absolute Gasteiger partial charge is 0.493 e. The Morgan fingerprint density at radius 2 is 2.28 bits per heavy atom. The van der Waals surface area contributed by atoms with Gasteiger partial charge >= 0.3 is 0 Å². The zero-order valence-corrected chi connectivity index (χ0v) is 10.9. The summed E-state index contributed by atoms with van der Waals surface area (Å²) in [5.41, 5.74) is 1.30. The maximum absolute atomic E-state index is 10.7. The van der Waals surface area contributed by atoms with Gasteiger partial charge in [-0.1, -0.05) is 18.2 Å². The van der Waals surface area contributed by atoms with Gasteiger partial charge in [0.15, 0.2) is 0 Å². The van der Waals surface area contributed by atoms with Crippen LogP contribution in [-0.2, 0) is 12.0 Å². The molecular weight excluding hydrogens is 226 g/mol. The van der Waals surface area contributed by atoms with E-state index < -0.39 is 5.60 Å². The number of aryl methyl sites for hydroxylation is 1. The van der Waals surface area contributed by atoms with Gasteiger partial charge in [0.1, 0.15) is 11.4 Å². The Labute approximate surface area is 108 Å². The van der Waals surface area contributed by atoms with Gasteiger partial charge in [0.2, 0.25) is 0 Å². The van der Waals surface area contributed by atoms with E-state index in [4.69, 9.17) is 4.74 Å². The molecule has 1 fully saturated rings. The van der Waals surface area contributed by atoms with Crippen LogP contribution in [0, 0.1) is 0 Å². The van der Waals surface area contributed by atoms with E-state index in [0.29, 0.717) is 12.6 Å². The summed E-state index contributed by atoms with van der Waals surface area (Å²) in [5.74, 6) is 0.909. The molecule has 2 aliphatic rings. The molecule has 0 amide bonds. The number of para-hydroxylation sites is 1. The highest BCUT2D eigenvalue weighted by atomic mass is 16.5. The topological polar surface area (TPSA) is 41.5 Å². The second kappa shape index (κ2) is 4.56. The molecule has 1 unspecified atom stereocenters. The highest BCUT2D eigenvalue weighted by Gasteiger charge is 2.31. The van der Waals surface area contributed by atoms with Gasteiger partial charge in [0, 0.05) is 18.2 Å². The zero-order valence-electron chi connectivity index (χ0n) is 10.9. The minimum Gasteiger partial charge on any atom is -0.493 e. The molecule has 1 heterocycles. The van der Waals surface area contributed by atoms with Crippen LogP contribution in [0.5, 0.6) is 5.75 Å². The van der Waals surface area contributed by atoms with Crippen LogP contribution in [0.4, 0.5) is 0 Å². The molecular formula is C15H21NO2. The maximum atomic E-state index is 10.7. The third-order valence-corrected chi connectivity index (χ3v) is 3.83. The molecule has 0 radical (unpaired) electrons. The van der Waals surface area contributed by atoms with Gasteiger partial charge in [-0.25, -0.2) is 0 Å². The smallest absolute Gasteiger partial charge is 0.128 e. The van der Waals surface area contributed by atoms with Crippen molar-refractivity contribution in [3.8, 4) is 5.75 Å². The monoisotopic (exact) mass is 247 g/mol. The molecule has 18 heavy (non-hydrogen) atoms. The highest BCUT2D eigenvalue weighted by molar-refractivity contribution is 5.45. The number of ether oxygens (including phenoxy) is 1. The Morgan fingerprint density at radius 1 is 1.44 bits per heavy atom. The Hall–Kier alpha value is -1.06. The van der Waals surface area contributed by atoms with Gasteiger partial charge in [-0.2, -0.15) is 0 Å². The average Bonchev–Trinajstić information content (AvgIpc) is 3.20. The Morgan fingerprint density at radius 3 is 3.06 bits per heavy atom. The first-order chi connectivity index (χ1) is 8.67. The van der Waals surface area contributed by atoms with Gasteiger partial charge in [0.05, 0.1) is 6.61 Å². The van der Waals surface area contributed by atoms with Crippen molar-refractivity contribution in [1.82, 2.24) is 5.32 Å². The van der Waals surface area contributed by atoms with Crippen LogP contribution in [0.3, 0.4) is 0 Å². The number of hydrogen-bond donors (Lipinski definition) is 2. The van der Waals surface area contributed by atoms with Gasteiger partial charge in [-0.3, -0.25) is 0 Å². The summed E-state index contributed by atoms with van der Waals surface area (Å²) in [7, 11) is 0. The molecule has 0 saturated heterocycles. The lowest BCUT2D eigenvalue weighted by Crippen LogP contribution is -2.37. The third-order valence-electron chi connectivity index (χ3n) is 3.83. The van der Waals surface area contributed by atoms with Crippen LogP contribution in [0.15, 0.2) is 18.2 Å². The molecule has 0 spiro atoms. The minimum absolute atomic E-state index is 0.595. The number of fused-ring (bicyclic) bond motifs is 1. The average molecular weight is 247 g/mol. The fourth-order valence-corrected chi connectivity index (χ4v) is 2.54. The minimum atomic E-state index is -0.856. The lowest BCUT2D eigenvalue weighted by Gasteiger charge is -2.29. The van der Waals surface area contributed by atoms with E-state index in [1.807, 2.05) is 19.1 Å². The Kier molecular flexibility index (Phi) is 3.04. The van der Waals surface area contributed by atoms with Crippen LogP contribution in [0.2, 0.25) is 0 Å². The van der Waals surface area contributed by atoms with Crippen LogP contribution in [0.25, 0.3) is 0 Å². The second-order valence-corrected chi connectivity index (χ2v) is 5.67. The molecule has 1 aliphatic carbocycles. The Bertz CT molecular complexity index is 438. The molecule has 3 heteroatoms. The molecule has 3 rings (SSSR count). The number of nitrogens with one attached hydrogen (secondary N) is 1. The van der Waals surface area contributed by atoms with E-state index in [2.05, 4.69) is 11.4 Å². The quantitative estimate of drug-likeness (QED) is 0.854. The number of rotatable bonds is 4. The molecule has 98 valence electrons. The first-order valence-electron chi connectivity index (χ1n) is 6.88. The van der Waals surface area contributed by atoms with Crippen LogP contribution < -0.4 is 10.1 Å². The standard InChI is InChI=1S/C15H21NO2/c1-15(17,10-16-12-7-8-12)13-6-2-4-11-5-3-9-18-14(11)13/h2,4,6,12,16-17H,3,5,7-10H2,1H3. The molecule has 2 N–H and O–H groups in total. The number of aliphatic hydroxyl groups is 1. The fraction of sp³-hybridized carbons (Fsp3) is 0.600. The molecule has 0 aromatic heterocycles. The van der Waals surface area contributed by atoms with Gasteiger partial charge in [0.25, 0.3) is 0 Å². The number of benzene rings is 1. The maximum Gasteiger partial charge on any atom is 0.128 e. The summed E-state index contributed by atoms with van der Waals surface area (Å²) in [6.07, 6.45) is 4.59. The van der Waals surface area contributed by atoms with Gasteiger partial charge in [-0.05, 0) is 38.2 Å². The van der Waals surface area contributed by atoms with Crippen molar-refractivity contribution >= 4 is 0 Å². The van der Waals surface area contributed by atoms with Crippen LogP contribution in [-0.4, -0.2) is 24.3 Å². The summed E-state index contributed by atoms with van der Waals surface area (Å²) < 4.78 is 5.78. The molecule has 3 nitrogen and oxygen atoms in total. The second-order valence-electron chi connectivity index (χ2n) is 5.67. The summed E-state index contributed by atoms with van der Waals surface area (Å²) in [5, 5.41) is 14.1. The lowest BCUT2D eigenvalue weighted by atomic mass is 9.91. The van der Waals surface area contributed by atoms with E-state index in [9.17, 15) is 5.11 Å². The number of hydrogen-bond acceptors (Lipinski definition) is 3. The van der Waals surface area contributed by atoms with Crippen molar-refractivity contribution in [2.75, 3.05) is 13.2 Å². The molecule has 1 saturated carbocycles. The molecule has 1 aliphatic heterocycles. The van der Waals surface area contributed by atoms with E-state index in [1.165, 1.54) is 18.4 Å². The van der Waals surface area contributed by atoms with Crippen molar-refractivity contribution in [1.29, 1.82) is 0 Å². The highest BCUT2D eigenvalue weighted by Crippen LogP contribution is 2.36. The van der Waals surface area contributed by atoms with Crippen molar-refractivity contribution in [2.24, 2.45) is 0 Å². The van der Waals surface area contributed by atoms with Crippen molar-refractivity contribution in [3.63, 3.8) is 0 Å².